The summed E-state index contributed by atoms with van der Waals surface area (Å²) >= 11 is 0. The Morgan fingerprint density at radius 1 is 1.62 bits per heavy atom. The highest BCUT2D eigenvalue weighted by Gasteiger charge is 2.28. The van der Waals surface area contributed by atoms with Crippen molar-refractivity contribution in [3.05, 3.63) is 0 Å². The lowest BCUT2D eigenvalue weighted by Crippen LogP contribution is -2.54. The number of hydrogen-bond acceptors (Lipinski definition) is 3. The van der Waals surface area contributed by atoms with Crippen molar-refractivity contribution < 1.29 is 4.79 Å². The molecule has 1 fully saturated rings. The van der Waals surface area contributed by atoms with Crippen LogP contribution < -0.4 is 0 Å². The summed E-state index contributed by atoms with van der Waals surface area (Å²) in [6.45, 7) is 4.26. The average molecular weight is 181 g/mol. The molecule has 0 aromatic carbocycles. The number of nitrogens with zero attached hydrogens (tertiary/aromatic N) is 3. The Labute approximate surface area is 78.7 Å². The molecule has 0 saturated carbocycles. The molecule has 0 aromatic rings. The van der Waals surface area contributed by atoms with Crippen LogP contribution in [0.4, 0.5) is 0 Å². The van der Waals surface area contributed by atoms with Gasteiger partial charge in [0.15, 0.2) is 0 Å². The maximum atomic E-state index is 11.5. The van der Waals surface area contributed by atoms with Crippen molar-refractivity contribution in [2.75, 3.05) is 26.7 Å². The van der Waals surface area contributed by atoms with Crippen molar-refractivity contribution in [3.63, 3.8) is 0 Å². The Bertz CT molecular complexity index is 234. The predicted octanol–water partition coefficient (Wildman–Crippen LogP) is 0.0626. The Morgan fingerprint density at radius 2 is 2.31 bits per heavy atom. The van der Waals surface area contributed by atoms with Gasteiger partial charge in [0.1, 0.15) is 0 Å². The van der Waals surface area contributed by atoms with Gasteiger partial charge in [0, 0.05) is 33.1 Å². The molecule has 1 amide bonds. The summed E-state index contributed by atoms with van der Waals surface area (Å²) in [5.41, 5.74) is 0. The third-order valence-electron chi connectivity index (χ3n) is 2.51. The van der Waals surface area contributed by atoms with Gasteiger partial charge in [-0.05, 0) is 6.92 Å². The topological polar surface area (TPSA) is 47.3 Å². The SMILES string of the molecule is CC1C(=O)N(C)CCN1CCC#N. The van der Waals surface area contributed by atoms with Crippen molar-refractivity contribution in [3.8, 4) is 6.07 Å². The van der Waals surface area contributed by atoms with Crippen LogP contribution >= 0.6 is 0 Å². The molecule has 1 atom stereocenters. The number of amides is 1. The first-order valence-electron chi connectivity index (χ1n) is 4.53. The number of rotatable bonds is 2. The van der Waals surface area contributed by atoms with Crippen LogP contribution in [0.3, 0.4) is 0 Å². The van der Waals surface area contributed by atoms with Crippen LogP contribution in [0, 0.1) is 11.3 Å². The lowest BCUT2D eigenvalue weighted by molar-refractivity contribution is -0.139. The zero-order valence-electron chi connectivity index (χ0n) is 8.16. The number of hydrogen-bond donors (Lipinski definition) is 0. The van der Waals surface area contributed by atoms with E-state index < -0.39 is 0 Å². The van der Waals surface area contributed by atoms with E-state index in [0.717, 1.165) is 13.1 Å². The van der Waals surface area contributed by atoms with Crippen LogP contribution in [-0.4, -0.2) is 48.4 Å². The summed E-state index contributed by atoms with van der Waals surface area (Å²) in [6, 6.07) is 2.03. The minimum absolute atomic E-state index is 0.0629. The second-order valence-electron chi connectivity index (χ2n) is 3.38. The van der Waals surface area contributed by atoms with Crippen LogP contribution in [0.5, 0.6) is 0 Å². The van der Waals surface area contributed by atoms with E-state index in [1.165, 1.54) is 0 Å². The van der Waals surface area contributed by atoms with Gasteiger partial charge in [-0.25, -0.2) is 0 Å². The maximum absolute atomic E-state index is 11.5. The third-order valence-corrected chi connectivity index (χ3v) is 2.51. The van der Waals surface area contributed by atoms with E-state index in [-0.39, 0.29) is 11.9 Å². The van der Waals surface area contributed by atoms with E-state index in [0.29, 0.717) is 13.0 Å². The van der Waals surface area contributed by atoms with Gasteiger partial charge in [-0.15, -0.1) is 0 Å². The summed E-state index contributed by atoms with van der Waals surface area (Å²) < 4.78 is 0. The van der Waals surface area contributed by atoms with E-state index in [4.69, 9.17) is 5.26 Å². The van der Waals surface area contributed by atoms with Crippen molar-refractivity contribution >= 4 is 5.91 Å². The maximum Gasteiger partial charge on any atom is 0.239 e. The molecule has 72 valence electrons. The molecular formula is C9H15N3O. The van der Waals surface area contributed by atoms with Gasteiger partial charge in [-0.2, -0.15) is 5.26 Å². The molecule has 4 nitrogen and oxygen atoms in total. The van der Waals surface area contributed by atoms with E-state index in [1.54, 1.807) is 4.90 Å². The first kappa shape index (κ1) is 10.0. The van der Waals surface area contributed by atoms with Gasteiger partial charge >= 0.3 is 0 Å². The molecule has 13 heavy (non-hydrogen) atoms. The van der Waals surface area contributed by atoms with Gasteiger partial charge in [0.2, 0.25) is 5.91 Å². The Hall–Kier alpha value is -1.08. The van der Waals surface area contributed by atoms with Gasteiger partial charge in [-0.3, -0.25) is 9.69 Å². The highest BCUT2D eigenvalue weighted by atomic mass is 16.2. The molecule has 0 bridgehead atoms. The number of piperazine rings is 1. The van der Waals surface area contributed by atoms with Gasteiger partial charge in [0.25, 0.3) is 0 Å². The molecule has 1 unspecified atom stereocenters. The van der Waals surface area contributed by atoms with Crippen LogP contribution in [0.15, 0.2) is 0 Å². The number of likely N-dealkylation sites (N-methyl/N-ethyl adjacent to an activating group) is 1. The Kier molecular flexibility index (Phi) is 3.26. The summed E-state index contributed by atoms with van der Waals surface area (Å²) in [7, 11) is 1.82. The average Bonchev–Trinajstić information content (AvgIpc) is 2.13. The monoisotopic (exact) mass is 181 g/mol. The fourth-order valence-corrected chi connectivity index (χ4v) is 1.56. The summed E-state index contributed by atoms with van der Waals surface area (Å²) in [5, 5.41) is 8.43. The van der Waals surface area contributed by atoms with Crippen LogP contribution in [-0.2, 0) is 4.79 Å². The molecule has 0 radical (unpaired) electrons. The largest absolute Gasteiger partial charge is 0.343 e. The van der Waals surface area contributed by atoms with Crippen LogP contribution in [0.2, 0.25) is 0 Å². The molecule has 1 rings (SSSR count). The molecule has 1 aliphatic rings. The highest BCUT2D eigenvalue weighted by Crippen LogP contribution is 2.09. The highest BCUT2D eigenvalue weighted by molar-refractivity contribution is 5.81. The number of carbonyl (C=O) groups excluding carboxylic acids is 1. The normalized spacial score (nSPS) is 24.5. The minimum Gasteiger partial charge on any atom is -0.343 e. The number of carbonyl (C=O) groups is 1. The fourth-order valence-electron chi connectivity index (χ4n) is 1.56. The first-order chi connectivity index (χ1) is 6.16. The molecule has 1 saturated heterocycles. The van der Waals surface area contributed by atoms with Gasteiger partial charge in [-0.1, -0.05) is 0 Å². The van der Waals surface area contributed by atoms with Crippen LogP contribution in [0.25, 0.3) is 0 Å². The van der Waals surface area contributed by atoms with E-state index in [2.05, 4.69) is 11.0 Å². The Balaban J connectivity index is 2.50. The predicted molar refractivity (Wildman–Crippen MR) is 48.9 cm³/mol. The second-order valence-corrected chi connectivity index (χ2v) is 3.38. The lowest BCUT2D eigenvalue weighted by atomic mass is 10.2. The van der Waals surface area contributed by atoms with E-state index >= 15 is 0 Å². The van der Waals surface area contributed by atoms with Crippen LogP contribution in [0.1, 0.15) is 13.3 Å². The lowest BCUT2D eigenvalue weighted by Gasteiger charge is -2.36. The summed E-state index contributed by atoms with van der Waals surface area (Å²) in [6.07, 6.45) is 0.501. The summed E-state index contributed by atoms with van der Waals surface area (Å²) in [4.78, 5) is 15.3. The Morgan fingerprint density at radius 3 is 2.92 bits per heavy atom. The molecule has 0 aromatic heterocycles. The molecule has 0 N–H and O–H groups in total. The van der Waals surface area contributed by atoms with E-state index in [1.807, 2.05) is 14.0 Å². The van der Waals surface area contributed by atoms with Gasteiger partial charge < -0.3 is 4.90 Å². The molecule has 0 aliphatic carbocycles. The van der Waals surface area contributed by atoms with Gasteiger partial charge in [0.05, 0.1) is 12.1 Å². The third kappa shape index (κ3) is 2.19. The molecule has 1 aliphatic heterocycles. The molecule has 0 spiro atoms. The zero-order chi connectivity index (χ0) is 9.84. The number of nitriles is 1. The molecule has 1 heterocycles. The molecule has 4 heteroatoms. The molecular weight excluding hydrogens is 166 g/mol. The fraction of sp³-hybridized carbons (Fsp3) is 0.778. The first-order valence-corrected chi connectivity index (χ1v) is 4.53. The smallest absolute Gasteiger partial charge is 0.239 e. The summed E-state index contributed by atoms with van der Waals surface area (Å²) in [5.74, 6) is 0.157. The van der Waals surface area contributed by atoms with Crippen molar-refractivity contribution in [2.45, 2.75) is 19.4 Å². The second kappa shape index (κ2) is 4.24. The van der Waals surface area contributed by atoms with Crippen molar-refractivity contribution in [1.29, 1.82) is 5.26 Å². The van der Waals surface area contributed by atoms with Crippen molar-refractivity contribution in [2.24, 2.45) is 0 Å². The standard InChI is InChI=1S/C9H15N3O/c1-8-9(13)11(2)6-7-12(8)5-3-4-10/h8H,3,5-7H2,1-2H3. The zero-order valence-corrected chi connectivity index (χ0v) is 8.16. The van der Waals surface area contributed by atoms with Crippen molar-refractivity contribution in [1.82, 2.24) is 9.80 Å². The van der Waals surface area contributed by atoms with E-state index in [9.17, 15) is 4.79 Å². The quantitative estimate of drug-likeness (QED) is 0.605. The minimum atomic E-state index is -0.0629.